The normalized spacial score (nSPS) is 11.5. The number of aliphatic imine (C=N–C) groups is 1. The Morgan fingerprint density at radius 1 is 1.16 bits per heavy atom. The van der Waals surface area contributed by atoms with Crippen LogP contribution in [0, 0.1) is 6.92 Å². The topological polar surface area (TPSA) is 85.6 Å². The van der Waals surface area contributed by atoms with Crippen LogP contribution in [0.4, 0.5) is 5.69 Å². The number of guanidine groups is 1. The molecule has 0 unspecified atom stereocenters. The molecule has 0 radical (unpaired) electrons. The summed E-state index contributed by atoms with van der Waals surface area (Å²) in [4.78, 5) is 4.69. The van der Waals surface area contributed by atoms with Crippen molar-refractivity contribution in [2.75, 3.05) is 19.0 Å². The number of methoxy groups -OCH3 is 1. The molecule has 0 bridgehead atoms. The number of rotatable bonds is 9. The summed E-state index contributed by atoms with van der Waals surface area (Å²) in [6.07, 6.45) is 2.61. The molecule has 8 nitrogen and oxygen atoms in total. The third-order valence-corrected chi connectivity index (χ3v) is 4.80. The highest BCUT2D eigenvalue weighted by molar-refractivity contribution is 5.93. The van der Waals surface area contributed by atoms with Crippen LogP contribution < -0.4 is 20.1 Å². The van der Waals surface area contributed by atoms with Crippen LogP contribution in [0.15, 0.2) is 53.8 Å². The maximum absolute atomic E-state index is 5.73. The van der Waals surface area contributed by atoms with Gasteiger partial charge in [-0.15, -0.1) is 10.2 Å². The first-order valence-electron chi connectivity index (χ1n) is 10.7. The van der Waals surface area contributed by atoms with Gasteiger partial charge in [0.1, 0.15) is 24.4 Å². The Kier molecular flexibility index (Phi) is 8.08. The summed E-state index contributed by atoms with van der Waals surface area (Å²) < 4.78 is 13.1. The lowest BCUT2D eigenvalue weighted by atomic mass is 10.1. The smallest absolute Gasteiger partial charge is 0.196 e. The molecule has 0 fully saturated rings. The van der Waals surface area contributed by atoms with Crippen molar-refractivity contribution in [3.05, 3.63) is 65.7 Å². The average Bonchev–Trinajstić information content (AvgIpc) is 3.17. The monoisotopic (exact) mass is 436 g/mol. The molecule has 0 saturated carbocycles. The maximum atomic E-state index is 5.73. The van der Waals surface area contributed by atoms with Crippen LogP contribution in [-0.2, 0) is 20.0 Å². The molecular weight excluding hydrogens is 404 g/mol. The van der Waals surface area contributed by atoms with Crippen molar-refractivity contribution in [1.29, 1.82) is 0 Å². The third-order valence-electron chi connectivity index (χ3n) is 4.80. The van der Waals surface area contributed by atoms with E-state index in [0.717, 1.165) is 35.0 Å². The molecule has 2 aromatic carbocycles. The van der Waals surface area contributed by atoms with Crippen molar-refractivity contribution >= 4 is 11.6 Å². The van der Waals surface area contributed by atoms with Gasteiger partial charge in [-0.3, -0.25) is 0 Å². The minimum Gasteiger partial charge on any atom is -0.496 e. The molecule has 170 valence electrons. The molecule has 0 aliphatic heterocycles. The summed E-state index contributed by atoms with van der Waals surface area (Å²) >= 11 is 0. The molecule has 3 rings (SSSR count). The van der Waals surface area contributed by atoms with E-state index in [9.17, 15) is 0 Å². The first-order valence-corrected chi connectivity index (χ1v) is 10.7. The van der Waals surface area contributed by atoms with Crippen molar-refractivity contribution < 1.29 is 9.47 Å². The van der Waals surface area contributed by atoms with Crippen LogP contribution >= 0.6 is 0 Å². The number of anilines is 1. The van der Waals surface area contributed by atoms with Gasteiger partial charge < -0.3 is 24.7 Å². The van der Waals surface area contributed by atoms with Crippen molar-refractivity contribution in [3.8, 4) is 11.5 Å². The Morgan fingerprint density at radius 3 is 2.59 bits per heavy atom. The number of benzene rings is 2. The molecule has 2 N–H and O–H groups in total. The van der Waals surface area contributed by atoms with Gasteiger partial charge in [-0.1, -0.05) is 17.7 Å². The van der Waals surface area contributed by atoms with Gasteiger partial charge >= 0.3 is 0 Å². The number of aryl methyl sites for hydroxylation is 2. The lowest BCUT2D eigenvalue weighted by Crippen LogP contribution is -2.32. The van der Waals surface area contributed by atoms with Gasteiger partial charge in [-0.25, -0.2) is 4.99 Å². The summed E-state index contributed by atoms with van der Waals surface area (Å²) in [5.74, 6) is 3.18. The second kappa shape index (κ2) is 11.2. The van der Waals surface area contributed by atoms with E-state index in [1.807, 2.05) is 55.8 Å². The van der Waals surface area contributed by atoms with Gasteiger partial charge in [-0.05, 0) is 63.1 Å². The highest BCUT2D eigenvalue weighted by Gasteiger charge is 2.07. The molecular formula is C24H32N6O2. The zero-order valence-electron chi connectivity index (χ0n) is 19.4. The number of hydrogen-bond acceptors (Lipinski definition) is 5. The van der Waals surface area contributed by atoms with Gasteiger partial charge in [0.2, 0.25) is 0 Å². The minimum atomic E-state index is 0.137. The molecule has 32 heavy (non-hydrogen) atoms. The Hall–Kier alpha value is -3.55. The Balaban J connectivity index is 1.69. The molecule has 1 aromatic heterocycles. The SMILES string of the molecule is COc1ccc(C)cc1CCNC(=NCc1nncn1C)Nc1ccc(OC(C)C)cc1. The van der Waals surface area contributed by atoms with E-state index < -0.39 is 0 Å². The first-order chi connectivity index (χ1) is 15.4. The summed E-state index contributed by atoms with van der Waals surface area (Å²) in [7, 11) is 3.60. The fourth-order valence-electron chi connectivity index (χ4n) is 3.18. The summed E-state index contributed by atoms with van der Waals surface area (Å²) in [6.45, 7) is 7.21. The van der Waals surface area contributed by atoms with E-state index in [2.05, 4.69) is 39.9 Å². The molecule has 3 aromatic rings. The lowest BCUT2D eigenvalue weighted by molar-refractivity contribution is 0.242. The van der Waals surface area contributed by atoms with Crippen LogP contribution in [-0.4, -0.2) is 40.5 Å². The second-order valence-corrected chi connectivity index (χ2v) is 7.83. The quantitative estimate of drug-likeness (QED) is 0.393. The van der Waals surface area contributed by atoms with Gasteiger partial charge in [0, 0.05) is 19.3 Å². The van der Waals surface area contributed by atoms with Crippen LogP contribution in [0.5, 0.6) is 11.5 Å². The fourth-order valence-corrected chi connectivity index (χ4v) is 3.18. The number of nitrogens with one attached hydrogen (secondary N) is 2. The standard InChI is InChI=1S/C24H32N6O2/c1-17(2)32-21-9-7-20(8-10-21)28-24(26-15-23-29-27-16-30(23)4)25-13-12-19-14-18(3)6-11-22(19)31-5/h6-11,14,16-17H,12-13,15H2,1-5H3,(H2,25,26,28). The predicted octanol–water partition coefficient (Wildman–Crippen LogP) is 3.72. The van der Waals surface area contributed by atoms with Gasteiger partial charge in [0.25, 0.3) is 0 Å². The molecule has 0 atom stereocenters. The van der Waals surface area contributed by atoms with E-state index in [1.54, 1.807) is 13.4 Å². The Morgan fingerprint density at radius 2 is 1.94 bits per heavy atom. The highest BCUT2D eigenvalue weighted by Crippen LogP contribution is 2.20. The van der Waals surface area contributed by atoms with Crippen LogP contribution in [0.25, 0.3) is 0 Å². The minimum absolute atomic E-state index is 0.137. The first kappa shape index (κ1) is 23.1. The van der Waals surface area contributed by atoms with E-state index in [4.69, 9.17) is 14.5 Å². The summed E-state index contributed by atoms with van der Waals surface area (Å²) in [5, 5.41) is 14.8. The summed E-state index contributed by atoms with van der Waals surface area (Å²) in [5.41, 5.74) is 3.28. The molecule has 8 heteroatoms. The number of hydrogen-bond donors (Lipinski definition) is 2. The number of aromatic nitrogens is 3. The van der Waals surface area contributed by atoms with Crippen molar-refractivity contribution in [3.63, 3.8) is 0 Å². The lowest BCUT2D eigenvalue weighted by Gasteiger charge is -2.15. The average molecular weight is 437 g/mol. The molecule has 1 heterocycles. The van der Waals surface area contributed by atoms with Crippen LogP contribution in [0.1, 0.15) is 30.8 Å². The van der Waals surface area contributed by atoms with Crippen molar-refractivity contribution in [1.82, 2.24) is 20.1 Å². The summed E-state index contributed by atoms with van der Waals surface area (Å²) in [6, 6.07) is 14.0. The zero-order chi connectivity index (χ0) is 22.9. The van der Waals surface area contributed by atoms with E-state index >= 15 is 0 Å². The van der Waals surface area contributed by atoms with Gasteiger partial charge in [0.05, 0.1) is 13.2 Å². The largest absolute Gasteiger partial charge is 0.496 e. The molecule has 0 amide bonds. The van der Waals surface area contributed by atoms with Crippen LogP contribution in [0.2, 0.25) is 0 Å². The van der Waals surface area contributed by atoms with Gasteiger partial charge in [-0.2, -0.15) is 0 Å². The van der Waals surface area contributed by atoms with E-state index in [1.165, 1.54) is 5.56 Å². The molecule has 0 spiro atoms. The third kappa shape index (κ3) is 6.73. The zero-order valence-corrected chi connectivity index (χ0v) is 19.4. The van der Waals surface area contributed by atoms with E-state index in [-0.39, 0.29) is 6.10 Å². The molecule has 0 aliphatic carbocycles. The van der Waals surface area contributed by atoms with Gasteiger partial charge in [0.15, 0.2) is 11.8 Å². The van der Waals surface area contributed by atoms with Crippen molar-refractivity contribution in [2.24, 2.45) is 12.0 Å². The maximum Gasteiger partial charge on any atom is 0.196 e. The predicted molar refractivity (Wildman–Crippen MR) is 127 cm³/mol. The highest BCUT2D eigenvalue weighted by atomic mass is 16.5. The number of nitrogens with zero attached hydrogens (tertiary/aromatic N) is 4. The van der Waals surface area contributed by atoms with E-state index in [0.29, 0.717) is 19.0 Å². The fraction of sp³-hybridized carbons (Fsp3) is 0.375. The van der Waals surface area contributed by atoms with Crippen LogP contribution in [0.3, 0.4) is 0 Å². The molecule has 0 aliphatic rings. The Labute approximate surface area is 189 Å². The second-order valence-electron chi connectivity index (χ2n) is 7.83. The Bertz CT molecular complexity index is 1030. The van der Waals surface area contributed by atoms with Crippen molar-refractivity contribution in [2.45, 2.75) is 39.8 Å². The molecule has 0 saturated heterocycles. The number of ether oxygens (including phenoxy) is 2.